The quantitative estimate of drug-likeness (QED) is 0.0216. The van der Waals surface area contributed by atoms with Crippen molar-refractivity contribution >= 4 is 18.1 Å². The van der Waals surface area contributed by atoms with Crippen LogP contribution in [0, 0.1) is 6.92 Å². The highest BCUT2D eigenvalue weighted by atomic mass is 16.6. The molecule has 0 saturated heterocycles. The number of carbonyl (C=O) groups excluding carboxylic acids is 3. The first-order chi connectivity index (χ1) is 33.7. The standard InChI is InChI=1S/C33H66N6O12.C10H17N3O3.C2H6/c1-31(30-40)36-4-8-42-12-16-46-20-24-50-26-22-48-18-14-44-10-6-38(3)28-33(34)29-39(35)7-11-45-15-19-49-23-27-51-25-21-47-17-13-43-9-5-37-32(2)41;1-10-9-13(12-11-10)3-6-16-8-7-15-5-2-4-14;1-2/h29,36H,4-28,34-35H2,1-3H3,(H,37,41);4,9H,2-3,5-8H2,1H3;1-2H3/b33-29-;;. The van der Waals surface area contributed by atoms with Gasteiger partial charge in [0.15, 0.2) is 0 Å². The summed E-state index contributed by atoms with van der Waals surface area (Å²) in [5.41, 5.74) is 8.13. The zero-order valence-electron chi connectivity index (χ0n) is 42.7. The van der Waals surface area contributed by atoms with Crippen LogP contribution in [0.25, 0.3) is 0 Å². The SMILES string of the molecule is CC.CC(=O)NCCOCCOCCOCCOCCOCCN(N)/C=C(\N)CN(C)CCOCCOCCOCCOCCOCCNC(C)=C=O.Cc1cn(CCOCCOCCC=O)nn1. The molecule has 0 aliphatic heterocycles. The van der Waals surface area contributed by atoms with E-state index in [0.717, 1.165) is 12.0 Å². The molecule has 0 fully saturated rings. The van der Waals surface area contributed by atoms with Crippen molar-refractivity contribution in [2.45, 2.75) is 47.6 Å². The van der Waals surface area contributed by atoms with E-state index in [0.29, 0.717) is 216 Å². The van der Waals surface area contributed by atoms with Crippen LogP contribution in [0.15, 0.2) is 23.8 Å². The number of nitrogens with two attached hydrogens (primary N) is 2. The van der Waals surface area contributed by atoms with Crippen LogP contribution >= 0.6 is 0 Å². The molecule has 1 heterocycles. The summed E-state index contributed by atoms with van der Waals surface area (Å²) < 4.78 is 66.9. The number of nitrogens with one attached hydrogen (secondary N) is 2. The van der Waals surface area contributed by atoms with Crippen LogP contribution in [0.5, 0.6) is 0 Å². The average Bonchev–Trinajstić information content (AvgIpc) is 3.76. The maximum atomic E-state index is 10.7. The molecular formula is C45H89N9O15. The molecule has 69 heavy (non-hydrogen) atoms. The van der Waals surface area contributed by atoms with Crippen LogP contribution in [0.1, 0.15) is 39.8 Å². The van der Waals surface area contributed by atoms with Gasteiger partial charge in [-0.3, -0.25) is 9.69 Å². The van der Waals surface area contributed by atoms with E-state index in [-0.39, 0.29) is 5.91 Å². The van der Waals surface area contributed by atoms with Gasteiger partial charge in [-0.25, -0.2) is 15.3 Å². The van der Waals surface area contributed by atoms with Crippen molar-refractivity contribution in [1.29, 1.82) is 0 Å². The fourth-order valence-electron chi connectivity index (χ4n) is 4.82. The number of carbonyl (C=O) groups is 2. The Morgan fingerprint density at radius 3 is 1.43 bits per heavy atom. The second-order valence-corrected chi connectivity index (χ2v) is 14.2. The minimum absolute atomic E-state index is 0.0686. The second-order valence-electron chi connectivity index (χ2n) is 14.2. The molecule has 0 spiro atoms. The average molecular weight is 996 g/mol. The molecule has 1 aromatic heterocycles. The smallest absolute Gasteiger partial charge is 0.216 e. The molecule has 24 heteroatoms. The topological polar surface area (TPSA) is 275 Å². The van der Waals surface area contributed by atoms with Crippen molar-refractivity contribution in [2.75, 3.05) is 198 Å². The normalized spacial score (nSPS) is 11.1. The van der Waals surface area contributed by atoms with Crippen molar-refractivity contribution < 1.29 is 71.2 Å². The summed E-state index contributed by atoms with van der Waals surface area (Å²) in [6.45, 7) is 24.3. The van der Waals surface area contributed by atoms with E-state index in [2.05, 4.69) is 20.9 Å². The van der Waals surface area contributed by atoms with Crippen molar-refractivity contribution in [3.05, 3.63) is 29.5 Å². The fourth-order valence-corrected chi connectivity index (χ4v) is 4.82. The van der Waals surface area contributed by atoms with Gasteiger partial charge in [-0.05, 0) is 20.9 Å². The largest absolute Gasteiger partial charge is 0.400 e. The van der Waals surface area contributed by atoms with Crippen LogP contribution in [0.4, 0.5) is 0 Å². The summed E-state index contributed by atoms with van der Waals surface area (Å²) in [5.74, 6) is 7.72. The van der Waals surface area contributed by atoms with Crippen LogP contribution in [-0.4, -0.2) is 241 Å². The van der Waals surface area contributed by atoms with E-state index in [1.807, 2.05) is 38.9 Å². The molecule has 6 N–H and O–H groups in total. The Labute approximate surface area is 411 Å². The maximum Gasteiger partial charge on any atom is 0.216 e. The lowest BCUT2D eigenvalue weighted by Crippen LogP contribution is -2.33. The number of aryl methyl sites for hydroxylation is 1. The number of amides is 1. The number of aromatic nitrogens is 3. The molecule has 0 aliphatic rings. The van der Waals surface area contributed by atoms with Gasteiger partial charge in [0.2, 0.25) is 5.91 Å². The van der Waals surface area contributed by atoms with Crippen molar-refractivity contribution in [3.8, 4) is 0 Å². The molecule has 0 aliphatic carbocycles. The lowest BCUT2D eigenvalue weighted by atomic mass is 10.4. The first-order valence-electron chi connectivity index (χ1n) is 23.8. The Kier molecular flexibility index (Phi) is 54.0. The highest BCUT2D eigenvalue weighted by molar-refractivity contribution is 5.72. The number of likely N-dealkylation sites (N-methyl/N-ethyl adjacent to an activating group) is 1. The zero-order valence-corrected chi connectivity index (χ0v) is 42.7. The third-order valence-electron chi connectivity index (χ3n) is 8.15. The molecule has 0 bridgehead atoms. The Bertz CT molecular complexity index is 1350. The van der Waals surface area contributed by atoms with Crippen molar-refractivity contribution in [3.63, 3.8) is 0 Å². The Morgan fingerprint density at radius 1 is 0.638 bits per heavy atom. The first-order valence-corrected chi connectivity index (χ1v) is 23.8. The molecule has 0 radical (unpaired) electrons. The van der Waals surface area contributed by atoms with E-state index in [1.165, 1.54) is 11.9 Å². The molecule has 0 aromatic carbocycles. The first kappa shape index (κ1) is 67.4. The van der Waals surface area contributed by atoms with Crippen molar-refractivity contribution in [2.24, 2.45) is 11.6 Å². The highest BCUT2D eigenvalue weighted by Gasteiger charge is 2.03. The Balaban J connectivity index is 0. The Hall–Kier alpha value is -3.69. The fraction of sp³-hybridized carbons (Fsp3) is 0.822. The van der Waals surface area contributed by atoms with Gasteiger partial charge in [0.05, 0.1) is 183 Å². The summed E-state index contributed by atoms with van der Waals surface area (Å²) >= 11 is 0. The predicted molar refractivity (Wildman–Crippen MR) is 259 cm³/mol. The van der Waals surface area contributed by atoms with E-state index in [4.69, 9.17) is 68.4 Å². The number of aldehydes is 1. The number of hydrazine groups is 1. The molecule has 0 saturated carbocycles. The van der Waals surface area contributed by atoms with Gasteiger partial charge in [-0.15, -0.1) is 5.10 Å². The monoisotopic (exact) mass is 996 g/mol. The molecule has 1 amide bonds. The van der Waals surface area contributed by atoms with Crippen LogP contribution in [-0.2, 0) is 77.8 Å². The third-order valence-corrected chi connectivity index (χ3v) is 8.15. The molecule has 0 atom stereocenters. The van der Waals surface area contributed by atoms with E-state index in [1.54, 1.807) is 23.7 Å². The van der Waals surface area contributed by atoms with Gasteiger partial charge in [-0.2, -0.15) is 0 Å². The zero-order chi connectivity index (χ0) is 51.1. The van der Waals surface area contributed by atoms with Crippen LogP contribution < -0.4 is 22.2 Å². The summed E-state index contributed by atoms with van der Waals surface area (Å²) in [4.78, 5) is 33.1. The van der Waals surface area contributed by atoms with Gasteiger partial charge < -0.3 is 83.0 Å². The Morgan fingerprint density at radius 2 is 1.03 bits per heavy atom. The molecule has 1 aromatic rings. The molecule has 24 nitrogen and oxygen atoms in total. The van der Waals surface area contributed by atoms with Gasteiger partial charge in [0.1, 0.15) is 12.2 Å². The maximum absolute atomic E-state index is 10.7. The molecule has 0 unspecified atom stereocenters. The number of ether oxygens (including phenoxy) is 12. The summed E-state index contributed by atoms with van der Waals surface area (Å²) in [5, 5.41) is 14.8. The molecule has 1 rings (SSSR count). The minimum Gasteiger partial charge on any atom is -0.400 e. The van der Waals surface area contributed by atoms with Gasteiger partial charge >= 0.3 is 0 Å². The lowest BCUT2D eigenvalue weighted by molar-refractivity contribution is -0.119. The van der Waals surface area contributed by atoms with E-state index < -0.39 is 0 Å². The van der Waals surface area contributed by atoms with Crippen molar-refractivity contribution in [1.82, 2.24) is 35.5 Å². The van der Waals surface area contributed by atoms with Crippen LogP contribution in [0.3, 0.4) is 0 Å². The number of hydrogen-bond acceptors (Lipinski definition) is 22. The number of rotatable bonds is 49. The van der Waals surface area contributed by atoms with Gasteiger partial charge in [0, 0.05) is 57.6 Å². The lowest BCUT2D eigenvalue weighted by Gasteiger charge is -2.19. The molecular weight excluding hydrogens is 907 g/mol. The minimum atomic E-state index is -0.0686. The third kappa shape index (κ3) is 55.1. The van der Waals surface area contributed by atoms with Gasteiger partial charge in [-0.1, -0.05) is 19.1 Å². The van der Waals surface area contributed by atoms with Gasteiger partial charge in [0.25, 0.3) is 0 Å². The van der Waals surface area contributed by atoms with E-state index >= 15 is 0 Å². The number of hydrogen-bond donors (Lipinski definition) is 4. The van der Waals surface area contributed by atoms with E-state index in [9.17, 15) is 14.4 Å². The summed E-state index contributed by atoms with van der Waals surface area (Å²) in [7, 11) is 1.96. The van der Waals surface area contributed by atoms with Crippen LogP contribution in [0.2, 0.25) is 0 Å². The predicted octanol–water partition coefficient (Wildman–Crippen LogP) is -0.244. The molecule has 404 valence electrons. The number of nitrogens with zero attached hydrogens (tertiary/aromatic N) is 5. The second kappa shape index (κ2) is 55.2. The number of allylic oxidation sites excluding steroid dienone is 1. The summed E-state index contributed by atoms with van der Waals surface area (Å²) in [6.07, 6.45) is 4.85. The summed E-state index contributed by atoms with van der Waals surface area (Å²) in [6, 6.07) is 0. The highest BCUT2D eigenvalue weighted by Crippen LogP contribution is 1.95.